The summed E-state index contributed by atoms with van der Waals surface area (Å²) in [6, 6.07) is 25.4. The van der Waals surface area contributed by atoms with Gasteiger partial charge in [-0.2, -0.15) is 0 Å². The predicted molar refractivity (Wildman–Crippen MR) is 185 cm³/mol. The van der Waals surface area contributed by atoms with Gasteiger partial charge in [0.1, 0.15) is 11.4 Å². The summed E-state index contributed by atoms with van der Waals surface area (Å²) in [4.78, 5) is 10.9. The second-order valence-corrected chi connectivity index (χ2v) is 15.8. The van der Waals surface area contributed by atoms with Crippen LogP contribution in [-0.2, 0) is 21.8 Å². The molecule has 0 saturated heterocycles. The lowest BCUT2D eigenvalue weighted by atomic mass is 9.62. The quantitative estimate of drug-likeness (QED) is 0.197. The summed E-state index contributed by atoms with van der Waals surface area (Å²) >= 11 is 0. The van der Waals surface area contributed by atoms with Crippen molar-refractivity contribution in [3.05, 3.63) is 89.6 Å². The minimum Gasteiger partial charge on any atom is -0.507 e. The Morgan fingerprint density at radius 2 is 1.41 bits per heavy atom. The number of aromatic nitrogens is 3. The molecule has 0 saturated carbocycles. The van der Waals surface area contributed by atoms with Gasteiger partial charge in [0.25, 0.3) is 0 Å². The highest BCUT2D eigenvalue weighted by molar-refractivity contribution is 6.12. The van der Waals surface area contributed by atoms with Crippen molar-refractivity contribution in [3.8, 4) is 28.4 Å². The van der Waals surface area contributed by atoms with Crippen molar-refractivity contribution in [3.63, 3.8) is 0 Å². The molecule has 0 fully saturated rings. The number of para-hydroxylation sites is 1. The van der Waals surface area contributed by atoms with Gasteiger partial charge in [-0.15, -0.1) is 0 Å². The van der Waals surface area contributed by atoms with Crippen molar-refractivity contribution >= 4 is 32.6 Å². The van der Waals surface area contributed by atoms with Crippen LogP contribution in [0, 0.1) is 0 Å². The fourth-order valence-electron chi connectivity index (χ4n) is 7.21. The van der Waals surface area contributed by atoms with Crippen molar-refractivity contribution < 1.29 is 5.11 Å². The van der Waals surface area contributed by atoms with Gasteiger partial charge in [0.2, 0.25) is 0 Å². The smallest absolute Gasteiger partial charge is 0.160 e. The summed E-state index contributed by atoms with van der Waals surface area (Å²) in [5.74, 6) is 1.24. The number of nitrogens with zero attached hydrogens (tertiary/aromatic N) is 3. The fraction of sp³-hybridized carbons (Fsp3) is 0.350. The van der Waals surface area contributed by atoms with Crippen LogP contribution < -0.4 is 0 Å². The van der Waals surface area contributed by atoms with E-state index in [9.17, 15) is 5.11 Å². The Balaban J connectivity index is 1.57. The number of rotatable bonds is 1. The average Bonchev–Trinajstić information content (AvgIpc) is 3.35. The first-order valence-corrected chi connectivity index (χ1v) is 15.8. The normalized spacial score (nSPS) is 16.0. The molecule has 0 radical (unpaired) electrons. The highest BCUT2D eigenvalue weighted by Gasteiger charge is 2.50. The molecule has 6 aromatic rings. The number of fused-ring (bicyclic) bond motifs is 8. The van der Waals surface area contributed by atoms with E-state index in [1.807, 2.05) is 6.07 Å². The summed E-state index contributed by atoms with van der Waals surface area (Å²) in [6.07, 6.45) is 0. The zero-order chi connectivity index (χ0) is 31.6. The first kappa shape index (κ1) is 28.6. The van der Waals surface area contributed by atoms with Gasteiger partial charge in [-0.1, -0.05) is 104 Å². The summed E-state index contributed by atoms with van der Waals surface area (Å²) < 4.78 is 2.45. The zero-order valence-electron chi connectivity index (χ0n) is 27.7. The number of imidazole rings is 1. The van der Waals surface area contributed by atoms with E-state index >= 15 is 0 Å². The Morgan fingerprint density at radius 1 is 0.727 bits per heavy atom. The lowest BCUT2D eigenvalue weighted by molar-refractivity contribution is 0.198. The highest BCUT2D eigenvalue weighted by Crippen LogP contribution is 2.54. The molecule has 0 bridgehead atoms. The average molecular weight is 582 g/mol. The van der Waals surface area contributed by atoms with E-state index in [0.29, 0.717) is 5.75 Å². The lowest BCUT2D eigenvalue weighted by Crippen LogP contribution is -2.50. The van der Waals surface area contributed by atoms with Crippen LogP contribution in [0.15, 0.2) is 72.8 Å². The molecule has 1 aliphatic rings. The van der Waals surface area contributed by atoms with Gasteiger partial charge in [-0.3, -0.25) is 0 Å². The molecule has 1 aliphatic heterocycles. The maximum atomic E-state index is 10.8. The number of aromatic hydroxyl groups is 1. The molecule has 0 unspecified atom stereocenters. The van der Waals surface area contributed by atoms with Crippen molar-refractivity contribution in [2.24, 2.45) is 0 Å². The van der Waals surface area contributed by atoms with Crippen LogP contribution in [0.1, 0.15) is 86.1 Å². The van der Waals surface area contributed by atoms with Crippen LogP contribution in [0.5, 0.6) is 5.75 Å². The first-order valence-electron chi connectivity index (χ1n) is 15.8. The second kappa shape index (κ2) is 8.94. The number of pyridine rings is 1. The lowest BCUT2D eigenvalue weighted by Gasteiger charge is -2.50. The molecule has 224 valence electrons. The number of benzene rings is 4. The number of hydrogen-bond acceptors (Lipinski definition) is 3. The van der Waals surface area contributed by atoms with Gasteiger partial charge >= 0.3 is 0 Å². The second-order valence-electron chi connectivity index (χ2n) is 15.8. The van der Waals surface area contributed by atoms with Crippen LogP contribution in [0.3, 0.4) is 0 Å². The minimum absolute atomic E-state index is 0.0564. The Kier molecular flexibility index (Phi) is 5.81. The van der Waals surface area contributed by atoms with E-state index in [0.717, 1.165) is 60.9 Å². The van der Waals surface area contributed by atoms with Gasteiger partial charge in [0.05, 0.1) is 16.6 Å². The van der Waals surface area contributed by atoms with Crippen LogP contribution in [0.25, 0.3) is 55.2 Å². The number of phenols is 1. The monoisotopic (exact) mass is 581 g/mol. The molecule has 4 aromatic carbocycles. The van der Waals surface area contributed by atoms with E-state index in [2.05, 4.69) is 134 Å². The van der Waals surface area contributed by atoms with E-state index in [1.54, 1.807) is 6.07 Å². The number of phenolic OH excluding ortho intramolecular Hbond substituents is 1. The SMILES string of the molecule is CC(C)(C)c1cc(C(C)(C)C)c2c(n1)-c1nc3c(-c4ccc5ccc6cccc(O)c6c5c4)cccc3n1C(C)(C)C2(C)C. The molecule has 0 spiro atoms. The van der Waals surface area contributed by atoms with Crippen LogP contribution in [0.2, 0.25) is 0 Å². The van der Waals surface area contributed by atoms with Gasteiger partial charge in [-0.05, 0) is 76.4 Å². The van der Waals surface area contributed by atoms with Crippen LogP contribution in [0.4, 0.5) is 0 Å². The Bertz CT molecular complexity index is 2150. The summed E-state index contributed by atoms with van der Waals surface area (Å²) in [5, 5.41) is 14.9. The minimum atomic E-state index is -0.279. The Hall–Kier alpha value is -4.18. The van der Waals surface area contributed by atoms with Crippen molar-refractivity contribution in [1.29, 1.82) is 0 Å². The highest BCUT2D eigenvalue weighted by atomic mass is 16.3. The van der Waals surface area contributed by atoms with Crippen molar-refractivity contribution in [2.75, 3.05) is 0 Å². The van der Waals surface area contributed by atoms with Crippen LogP contribution >= 0.6 is 0 Å². The number of hydrogen-bond donors (Lipinski definition) is 1. The van der Waals surface area contributed by atoms with Gasteiger partial charge in [0, 0.05) is 27.5 Å². The summed E-state index contributed by atoms with van der Waals surface area (Å²) in [5.41, 5.74) is 8.35. The van der Waals surface area contributed by atoms with E-state index in [4.69, 9.17) is 9.97 Å². The predicted octanol–water partition coefficient (Wildman–Crippen LogP) is 10.4. The van der Waals surface area contributed by atoms with E-state index in [-0.39, 0.29) is 21.8 Å². The standard InChI is InChI=1S/C40H43N3O/c1-37(2,3)28-22-31(38(4,5)6)41-35-33(28)39(7,8)40(9,10)43-29-15-12-14-26(34(29)42-36(35)43)25-20-18-23-17-19-24-13-11-16-30(44)32(24)27(23)21-25/h11-22,44H,1-10H3. The third kappa shape index (κ3) is 3.89. The molecule has 0 atom stereocenters. The molecular weight excluding hydrogens is 538 g/mol. The molecule has 1 N–H and O–H groups in total. The maximum Gasteiger partial charge on any atom is 0.160 e. The molecule has 3 heterocycles. The zero-order valence-corrected chi connectivity index (χ0v) is 27.7. The maximum absolute atomic E-state index is 10.8. The van der Waals surface area contributed by atoms with Crippen molar-refractivity contribution in [1.82, 2.24) is 14.5 Å². The fourth-order valence-corrected chi connectivity index (χ4v) is 7.21. The van der Waals surface area contributed by atoms with Gasteiger partial charge in [0.15, 0.2) is 5.82 Å². The third-order valence-corrected chi connectivity index (χ3v) is 10.4. The molecule has 0 amide bonds. The molecule has 7 rings (SSSR count). The molecule has 0 aliphatic carbocycles. The largest absolute Gasteiger partial charge is 0.507 e. The molecule has 2 aromatic heterocycles. The van der Waals surface area contributed by atoms with Gasteiger partial charge < -0.3 is 9.67 Å². The third-order valence-electron chi connectivity index (χ3n) is 10.4. The van der Waals surface area contributed by atoms with Gasteiger partial charge in [-0.25, -0.2) is 9.97 Å². The Morgan fingerprint density at radius 3 is 2.11 bits per heavy atom. The van der Waals surface area contributed by atoms with Crippen molar-refractivity contribution in [2.45, 2.75) is 91.0 Å². The molecular formula is C40H43N3O. The molecule has 44 heavy (non-hydrogen) atoms. The molecule has 4 heteroatoms. The van der Waals surface area contributed by atoms with E-state index in [1.165, 1.54) is 11.1 Å². The summed E-state index contributed by atoms with van der Waals surface area (Å²) in [7, 11) is 0. The Labute approximate surface area is 260 Å². The van der Waals surface area contributed by atoms with E-state index < -0.39 is 0 Å². The van der Waals surface area contributed by atoms with Crippen LogP contribution in [-0.4, -0.2) is 19.6 Å². The summed E-state index contributed by atoms with van der Waals surface area (Å²) in [6.45, 7) is 23.1. The topological polar surface area (TPSA) is 50.9 Å². The first-order chi connectivity index (χ1) is 20.5. The molecule has 4 nitrogen and oxygen atoms in total.